The lowest BCUT2D eigenvalue weighted by molar-refractivity contribution is -0.142. The highest BCUT2D eigenvalue weighted by Crippen LogP contribution is 2.59. The number of halogens is 2. The van der Waals surface area contributed by atoms with Crippen LogP contribution in [-0.4, -0.2) is 72.3 Å². The minimum absolute atomic E-state index is 0.00184. The number of H-pyrrole nitrogens is 2. The number of nitrogens with one attached hydrogen (secondary N) is 4. The number of rotatable bonds is 8. The van der Waals surface area contributed by atoms with E-state index in [0.717, 1.165) is 30.5 Å². The summed E-state index contributed by atoms with van der Waals surface area (Å²) in [6.07, 6.45) is 7.92. The zero-order valence-electron chi connectivity index (χ0n) is 22.0. The van der Waals surface area contributed by atoms with Crippen LogP contribution in [0.2, 0.25) is 0 Å². The topological polar surface area (TPSA) is 181 Å². The SMILES string of the molecule is O=C(NC1CCCC[C@H]2CCC(C(=O)NCCc3cn[nH]c3)N2C1=O)c1cc2ccc(C(F)(F)P(=O)(O)O)cc2[nH]1. The maximum atomic E-state index is 14.2. The lowest BCUT2D eigenvalue weighted by atomic mass is 9.99. The van der Waals surface area contributed by atoms with E-state index in [9.17, 15) is 27.7 Å². The standard InChI is InChI=1S/C26H31F2N6O6P/c27-26(28,41(38,39)40)17-6-5-16-11-21(32-20(16)12-17)23(35)33-19-4-2-1-3-18-7-8-22(34(18)25(19)37)24(36)29-10-9-15-13-30-31-14-15/h5-6,11-14,18-19,22,32H,1-4,7-10H2,(H,29,36)(H,30,31)(H,33,35)(H2,38,39,40)/t18-,19?,22?/m0/s1. The van der Waals surface area contributed by atoms with E-state index in [1.807, 2.05) is 0 Å². The number of alkyl halides is 2. The Morgan fingerprint density at radius 3 is 2.66 bits per heavy atom. The van der Waals surface area contributed by atoms with Crippen molar-refractivity contribution in [2.75, 3.05) is 6.54 Å². The quantitative estimate of drug-likeness (QED) is 0.217. The molecule has 0 bridgehead atoms. The van der Waals surface area contributed by atoms with Gasteiger partial charge in [0.2, 0.25) is 11.8 Å². The summed E-state index contributed by atoms with van der Waals surface area (Å²) in [5.74, 6) is -1.22. The van der Waals surface area contributed by atoms with Crippen LogP contribution in [0, 0.1) is 0 Å². The van der Waals surface area contributed by atoms with Crippen molar-refractivity contribution in [2.24, 2.45) is 0 Å². The molecule has 1 aromatic carbocycles. The molecule has 3 amide bonds. The van der Waals surface area contributed by atoms with Crippen LogP contribution in [0.1, 0.15) is 60.1 Å². The summed E-state index contributed by atoms with van der Waals surface area (Å²) in [6, 6.07) is 2.79. The number of fused-ring (bicyclic) bond motifs is 2. The maximum absolute atomic E-state index is 14.2. The predicted molar refractivity (Wildman–Crippen MR) is 143 cm³/mol. The van der Waals surface area contributed by atoms with Crippen LogP contribution in [0.25, 0.3) is 10.9 Å². The molecule has 2 aromatic heterocycles. The van der Waals surface area contributed by atoms with Gasteiger partial charge in [0.15, 0.2) is 0 Å². The first-order valence-electron chi connectivity index (χ1n) is 13.4. The summed E-state index contributed by atoms with van der Waals surface area (Å²) in [7, 11) is -5.76. The van der Waals surface area contributed by atoms with Gasteiger partial charge in [0, 0.05) is 35.2 Å². The van der Waals surface area contributed by atoms with Crippen molar-refractivity contribution >= 4 is 36.2 Å². The molecule has 220 valence electrons. The van der Waals surface area contributed by atoms with Gasteiger partial charge in [-0.25, -0.2) is 0 Å². The molecular formula is C26H31F2N6O6P. The van der Waals surface area contributed by atoms with Crippen LogP contribution in [0.5, 0.6) is 0 Å². The molecule has 12 nitrogen and oxygen atoms in total. The molecule has 0 spiro atoms. The van der Waals surface area contributed by atoms with Crippen molar-refractivity contribution in [3.05, 3.63) is 53.5 Å². The van der Waals surface area contributed by atoms with E-state index in [2.05, 4.69) is 25.8 Å². The van der Waals surface area contributed by atoms with Crippen LogP contribution >= 0.6 is 7.60 Å². The number of aromatic nitrogens is 3. The van der Waals surface area contributed by atoms with Crippen molar-refractivity contribution in [2.45, 2.75) is 68.7 Å². The van der Waals surface area contributed by atoms with Gasteiger partial charge in [-0.1, -0.05) is 25.0 Å². The zero-order valence-corrected chi connectivity index (χ0v) is 22.9. The first-order valence-corrected chi connectivity index (χ1v) is 15.0. The molecule has 5 rings (SSSR count). The van der Waals surface area contributed by atoms with Crippen molar-refractivity contribution in [3.8, 4) is 0 Å². The van der Waals surface area contributed by atoms with E-state index in [1.54, 1.807) is 17.3 Å². The Hall–Kier alpha value is -3.61. The van der Waals surface area contributed by atoms with Gasteiger partial charge in [0.1, 0.15) is 17.8 Å². The van der Waals surface area contributed by atoms with E-state index in [4.69, 9.17) is 9.79 Å². The molecule has 3 aromatic rings. The Morgan fingerprint density at radius 1 is 1.15 bits per heavy atom. The Bertz CT molecular complexity index is 1490. The normalized spacial score (nSPS) is 21.8. The fraction of sp³-hybridized carbons (Fsp3) is 0.462. The summed E-state index contributed by atoms with van der Waals surface area (Å²) >= 11 is 0. The summed E-state index contributed by atoms with van der Waals surface area (Å²) in [5, 5.41) is 12.6. The van der Waals surface area contributed by atoms with E-state index < -0.39 is 36.8 Å². The lowest BCUT2D eigenvalue weighted by Crippen LogP contribution is -2.56. The average Bonchev–Trinajstić information content (AvgIpc) is 3.67. The van der Waals surface area contributed by atoms with E-state index >= 15 is 0 Å². The minimum Gasteiger partial charge on any atom is -0.354 e. The Labute approximate surface area is 233 Å². The largest absolute Gasteiger partial charge is 0.399 e. The second kappa shape index (κ2) is 11.3. The first kappa shape index (κ1) is 28.9. The van der Waals surface area contributed by atoms with E-state index in [-0.39, 0.29) is 29.1 Å². The zero-order chi connectivity index (χ0) is 29.4. The molecule has 4 heterocycles. The number of carbonyl (C=O) groups excluding carboxylic acids is 3. The van der Waals surface area contributed by atoms with Crippen molar-refractivity contribution in [1.29, 1.82) is 0 Å². The van der Waals surface area contributed by atoms with Crippen molar-refractivity contribution in [1.82, 2.24) is 30.7 Å². The highest BCUT2D eigenvalue weighted by atomic mass is 31.2. The number of hydrogen-bond acceptors (Lipinski definition) is 5. The molecule has 41 heavy (non-hydrogen) atoms. The average molecular weight is 593 g/mol. The Kier molecular flexibility index (Phi) is 8.00. The van der Waals surface area contributed by atoms with Crippen LogP contribution in [0.3, 0.4) is 0 Å². The fourth-order valence-electron chi connectivity index (χ4n) is 5.63. The highest BCUT2D eigenvalue weighted by molar-refractivity contribution is 7.52. The van der Waals surface area contributed by atoms with Gasteiger partial charge in [-0.15, -0.1) is 0 Å². The number of nitrogens with zero attached hydrogens (tertiary/aromatic N) is 2. The number of benzene rings is 1. The summed E-state index contributed by atoms with van der Waals surface area (Å²) in [5.41, 5.74) is -4.26. The second-order valence-corrected chi connectivity index (χ2v) is 12.2. The molecule has 15 heteroatoms. The second-order valence-electron chi connectivity index (χ2n) is 10.5. The summed E-state index contributed by atoms with van der Waals surface area (Å²) < 4.78 is 39.6. The third kappa shape index (κ3) is 5.90. The van der Waals surface area contributed by atoms with Gasteiger partial charge in [-0.3, -0.25) is 24.0 Å². The number of carbonyl (C=O) groups is 3. The van der Waals surface area contributed by atoms with Gasteiger partial charge >= 0.3 is 13.3 Å². The van der Waals surface area contributed by atoms with Gasteiger partial charge in [-0.2, -0.15) is 13.9 Å². The molecule has 2 saturated heterocycles. The lowest BCUT2D eigenvalue weighted by Gasteiger charge is -2.35. The third-order valence-corrected chi connectivity index (χ3v) is 8.78. The third-order valence-electron chi connectivity index (χ3n) is 7.79. The summed E-state index contributed by atoms with van der Waals surface area (Å²) in [4.78, 5) is 62.3. The van der Waals surface area contributed by atoms with Gasteiger partial charge in [0.05, 0.1) is 6.20 Å². The minimum atomic E-state index is -5.76. The molecule has 2 fully saturated rings. The monoisotopic (exact) mass is 592 g/mol. The molecule has 3 atom stereocenters. The molecular weight excluding hydrogens is 561 g/mol. The van der Waals surface area contributed by atoms with Crippen molar-refractivity contribution < 1.29 is 37.5 Å². The van der Waals surface area contributed by atoms with Crippen LogP contribution in [0.4, 0.5) is 8.78 Å². The smallest absolute Gasteiger partial charge is 0.354 e. The van der Waals surface area contributed by atoms with Crippen LogP contribution in [-0.2, 0) is 26.2 Å². The molecule has 6 N–H and O–H groups in total. The summed E-state index contributed by atoms with van der Waals surface area (Å²) in [6.45, 7) is 0.393. The van der Waals surface area contributed by atoms with Crippen LogP contribution in [0.15, 0.2) is 36.7 Å². The van der Waals surface area contributed by atoms with Gasteiger partial charge in [-0.05, 0) is 49.8 Å². The maximum Gasteiger partial charge on any atom is 0.399 e. The van der Waals surface area contributed by atoms with Crippen molar-refractivity contribution in [3.63, 3.8) is 0 Å². The predicted octanol–water partition coefficient (Wildman–Crippen LogP) is 2.51. The van der Waals surface area contributed by atoms with E-state index in [1.165, 1.54) is 12.1 Å². The molecule has 0 radical (unpaired) electrons. The van der Waals surface area contributed by atoms with Gasteiger partial charge in [0.25, 0.3) is 5.91 Å². The fourth-order valence-corrected chi connectivity index (χ4v) is 6.10. The van der Waals surface area contributed by atoms with E-state index in [0.29, 0.717) is 44.0 Å². The van der Waals surface area contributed by atoms with Gasteiger partial charge < -0.3 is 30.3 Å². The number of aromatic amines is 2. The molecule has 2 aliphatic heterocycles. The Morgan fingerprint density at radius 2 is 1.93 bits per heavy atom. The molecule has 0 aliphatic carbocycles. The first-order chi connectivity index (χ1) is 19.5. The highest BCUT2D eigenvalue weighted by Gasteiger charge is 2.50. The molecule has 2 aliphatic rings. The number of amides is 3. The molecule has 0 saturated carbocycles. The molecule has 2 unspecified atom stereocenters. The van der Waals surface area contributed by atoms with Crippen LogP contribution < -0.4 is 10.6 Å². The Balaban J connectivity index is 1.29. The number of hydrogen-bond donors (Lipinski definition) is 6.